The lowest BCUT2D eigenvalue weighted by Crippen LogP contribution is -2.33. The van der Waals surface area contributed by atoms with Gasteiger partial charge < -0.3 is 18.9 Å². The highest BCUT2D eigenvalue weighted by molar-refractivity contribution is 6.03. The van der Waals surface area contributed by atoms with Crippen molar-refractivity contribution in [1.82, 2.24) is 4.90 Å². The number of nitrogens with zero attached hydrogens (tertiary/aromatic N) is 1. The van der Waals surface area contributed by atoms with Gasteiger partial charge in [0.15, 0.2) is 0 Å². The van der Waals surface area contributed by atoms with Crippen LogP contribution in [-0.4, -0.2) is 50.8 Å². The minimum Gasteiger partial charge on any atom is -0.496 e. The van der Waals surface area contributed by atoms with Gasteiger partial charge in [0.05, 0.1) is 18.1 Å². The van der Waals surface area contributed by atoms with Crippen molar-refractivity contribution < 1.29 is 23.7 Å². The summed E-state index contributed by atoms with van der Waals surface area (Å²) in [6.07, 6.45) is 3.90. The Balaban J connectivity index is 1.48. The van der Waals surface area contributed by atoms with Gasteiger partial charge in [-0.3, -0.25) is 9.69 Å². The third kappa shape index (κ3) is 6.34. The van der Waals surface area contributed by atoms with Crippen molar-refractivity contribution in [2.45, 2.75) is 40.0 Å². The number of methoxy groups -OCH3 is 1. The number of hydrogen-bond donors (Lipinski definition) is 0. The zero-order valence-corrected chi connectivity index (χ0v) is 24.0. The van der Waals surface area contributed by atoms with Crippen LogP contribution in [-0.2, 0) is 4.79 Å². The molecule has 0 radical (unpaired) electrons. The highest BCUT2D eigenvalue weighted by atomic mass is 16.5. The number of rotatable bonds is 8. The number of esters is 1. The van der Waals surface area contributed by atoms with Crippen molar-refractivity contribution in [3.8, 4) is 23.0 Å². The van der Waals surface area contributed by atoms with Gasteiger partial charge in [0, 0.05) is 29.8 Å². The van der Waals surface area contributed by atoms with E-state index >= 15 is 0 Å². The van der Waals surface area contributed by atoms with Gasteiger partial charge in [-0.15, -0.1) is 0 Å². The van der Waals surface area contributed by atoms with E-state index in [-0.39, 0.29) is 5.97 Å². The van der Waals surface area contributed by atoms with Crippen molar-refractivity contribution in [1.29, 1.82) is 0 Å². The van der Waals surface area contributed by atoms with Crippen LogP contribution in [0.25, 0.3) is 11.1 Å². The van der Waals surface area contributed by atoms with Gasteiger partial charge >= 0.3 is 5.97 Å². The lowest BCUT2D eigenvalue weighted by Gasteiger charge is -2.27. The Morgan fingerprint density at radius 1 is 0.900 bits per heavy atom. The molecule has 3 aromatic rings. The van der Waals surface area contributed by atoms with Crippen LogP contribution in [0.1, 0.15) is 56.7 Å². The van der Waals surface area contributed by atoms with Crippen molar-refractivity contribution >= 4 is 17.1 Å². The summed E-state index contributed by atoms with van der Waals surface area (Å²) in [6.45, 7) is 9.83. The normalized spacial score (nSPS) is 15.7. The van der Waals surface area contributed by atoms with Crippen molar-refractivity contribution in [2.75, 3.05) is 40.0 Å². The summed E-state index contributed by atoms with van der Waals surface area (Å²) >= 11 is 0. The fourth-order valence-corrected chi connectivity index (χ4v) is 5.16. The average Bonchev–Trinajstić information content (AvgIpc) is 2.97. The topological polar surface area (TPSA) is 57.2 Å². The zero-order valence-electron chi connectivity index (χ0n) is 24.0. The molecular weight excluding hydrogens is 502 g/mol. The predicted octanol–water partition coefficient (Wildman–Crippen LogP) is 6.86. The molecule has 6 heteroatoms. The van der Waals surface area contributed by atoms with E-state index in [2.05, 4.69) is 29.2 Å². The molecule has 5 rings (SSSR count). The number of piperidine rings is 1. The number of carbonyl (C=O) groups excluding carboxylic acids is 1. The lowest BCUT2D eigenvalue weighted by atomic mass is 9.87. The molecule has 2 aliphatic heterocycles. The molecule has 0 N–H and O–H groups in total. The van der Waals surface area contributed by atoms with Crippen molar-refractivity contribution in [3.63, 3.8) is 0 Å². The molecule has 0 aromatic heterocycles. The van der Waals surface area contributed by atoms with Gasteiger partial charge in [0.1, 0.15) is 36.2 Å². The smallest absolute Gasteiger partial charge is 0.316 e. The summed E-state index contributed by atoms with van der Waals surface area (Å²) < 4.78 is 23.9. The molecule has 0 amide bonds. The van der Waals surface area contributed by atoms with Gasteiger partial charge in [-0.2, -0.15) is 0 Å². The summed E-state index contributed by atoms with van der Waals surface area (Å²) in [5.74, 6) is 2.13. The predicted molar refractivity (Wildman–Crippen MR) is 158 cm³/mol. The van der Waals surface area contributed by atoms with Crippen LogP contribution in [0.3, 0.4) is 0 Å². The standard InChI is InChI=1S/C34H39NO5/c1-34(2,3)33(36)40-27-21-29(37-4)32-30(22-27)39-23-28(24-11-7-5-8-12-24)31(32)25-13-15-26(16-14-25)38-20-19-35-17-9-6-10-18-35/h5,7-8,11-16,21-22H,6,9-10,17-20,23H2,1-4H3. The first-order chi connectivity index (χ1) is 19.3. The maximum absolute atomic E-state index is 12.6. The summed E-state index contributed by atoms with van der Waals surface area (Å²) in [5.41, 5.74) is 4.40. The first-order valence-corrected chi connectivity index (χ1v) is 14.1. The molecule has 0 spiro atoms. The Morgan fingerprint density at radius 2 is 1.62 bits per heavy atom. The summed E-state index contributed by atoms with van der Waals surface area (Å²) in [6, 6.07) is 22.0. The summed E-state index contributed by atoms with van der Waals surface area (Å²) in [5, 5.41) is 0. The number of likely N-dealkylation sites (tertiary alicyclic amines) is 1. The number of fused-ring (bicyclic) bond motifs is 1. The number of carbonyl (C=O) groups is 1. The summed E-state index contributed by atoms with van der Waals surface area (Å²) in [4.78, 5) is 15.1. The zero-order chi connectivity index (χ0) is 28.1. The Kier molecular flexibility index (Phi) is 8.46. The molecule has 1 saturated heterocycles. The summed E-state index contributed by atoms with van der Waals surface area (Å²) in [7, 11) is 1.62. The molecule has 0 aliphatic carbocycles. The van der Waals surface area contributed by atoms with E-state index in [0.717, 1.165) is 40.1 Å². The van der Waals surface area contributed by atoms with Gasteiger partial charge in [-0.05, 0) is 70.0 Å². The molecule has 0 saturated carbocycles. The molecule has 1 fully saturated rings. The second kappa shape index (κ2) is 12.2. The van der Waals surface area contributed by atoms with Crippen LogP contribution in [0.5, 0.6) is 23.0 Å². The number of hydrogen-bond acceptors (Lipinski definition) is 6. The van der Waals surface area contributed by atoms with Gasteiger partial charge in [-0.1, -0.05) is 48.9 Å². The lowest BCUT2D eigenvalue weighted by molar-refractivity contribution is -0.143. The van der Waals surface area contributed by atoms with Crippen LogP contribution < -0.4 is 18.9 Å². The Hall–Kier alpha value is -3.77. The van der Waals surface area contributed by atoms with Crippen LogP contribution in [0.2, 0.25) is 0 Å². The SMILES string of the molecule is COc1cc(OC(=O)C(C)(C)C)cc2c1C(c1ccc(OCCN3CCCCC3)cc1)=C(c1ccccc1)CO2. The van der Waals surface area contributed by atoms with E-state index in [4.69, 9.17) is 18.9 Å². The van der Waals surface area contributed by atoms with E-state index in [9.17, 15) is 4.79 Å². The van der Waals surface area contributed by atoms with E-state index in [1.165, 1.54) is 32.4 Å². The van der Waals surface area contributed by atoms with Gasteiger partial charge in [-0.25, -0.2) is 0 Å². The van der Waals surface area contributed by atoms with E-state index in [0.29, 0.717) is 30.5 Å². The molecule has 40 heavy (non-hydrogen) atoms. The molecule has 3 aromatic carbocycles. The third-order valence-corrected chi connectivity index (χ3v) is 7.40. The van der Waals surface area contributed by atoms with Gasteiger partial charge in [0.2, 0.25) is 0 Å². The fourth-order valence-electron chi connectivity index (χ4n) is 5.16. The number of benzene rings is 3. The monoisotopic (exact) mass is 541 g/mol. The molecule has 0 bridgehead atoms. The number of ether oxygens (including phenoxy) is 4. The Labute approximate surface area is 237 Å². The van der Waals surface area contributed by atoms with Crippen LogP contribution >= 0.6 is 0 Å². The first kappa shape index (κ1) is 27.8. The molecule has 2 aliphatic rings. The molecule has 210 valence electrons. The first-order valence-electron chi connectivity index (χ1n) is 14.1. The Bertz CT molecular complexity index is 1350. The highest BCUT2D eigenvalue weighted by Crippen LogP contribution is 2.47. The average molecular weight is 542 g/mol. The van der Waals surface area contributed by atoms with Crippen molar-refractivity contribution in [2.24, 2.45) is 5.41 Å². The Morgan fingerprint density at radius 3 is 2.30 bits per heavy atom. The largest absolute Gasteiger partial charge is 0.496 e. The fraction of sp³-hybridized carbons (Fsp3) is 0.382. The quantitative estimate of drug-likeness (QED) is 0.229. The molecule has 0 atom stereocenters. The van der Waals surface area contributed by atoms with Crippen LogP contribution in [0, 0.1) is 5.41 Å². The third-order valence-electron chi connectivity index (χ3n) is 7.40. The van der Waals surface area contributed by atoms with E-state index in [1.807, 2.05) is 51.1 Å². The van der Waals surface area contributed by atoms with Gasteiger partial charge in [0.25, 0.3) is 0 Å². The minimum absolute atomic E-state index is 0.318. The maximum Gasteiger partial charge on any atom is 0.316 e. The van der Waals surface area contributed by atoms with Crippen LogP contribution in [0.4, 0.5) is 0 Å². The highest BCUT2D eigenvalue weighted by Gasteiger charge is 2.29. The molecule has 0 unspecified atom stereocenters. The van der Waals surface area contributed by atoms with Crippen molar-refractivity contribution in [3.05, 3.63) is 83.4 Å². The minimum atomic E-state index is -0.632. The second-order valence-corrected chi connectivity index (χ2v) is 11.4. The molecular formula is C34H39NO5. The maximum atomic E-state index is 12.6. The molecule has 6 nitrogen and oxygen atoms in total. The van der Waals surface area contributed by atoms with E-state index in [1.54, 1.807) is 19.2 Å². The second-order valence-electron chi connectivity index (χ2n) is 11.4. The molecule has 2 heterocycles. The van der Waals surface area contributed by atoms with Crippen LogP contribution in [0.15, 0.2) is 66.7 Å². The van der Waals surface area contributed by atoms with E-state index < -0.39 is 5.41 Å².